The van der Waals surface area contributed by atoms with Crippen molar-refractivity contribution in [1.82, 2.24) is 14.3 Å². The third-order valence-corrected chi connectivity index (χ3v) is 6.26. The van der Waals surface area contributed by atoms with Crippen molar-refractivity contribution in [1.29, 1.82) is 0 Å². The summed E-state index contributed by atoms with van der Waals surface area (Å²) in [5.41, 5.74) is 3.13. The zero-order valence-corrected chi connectivity index (χ0v) is 18.9. The number of hydrogen-bond acceptors (Lipinski definition) is 6. The molecule has 7 nitrogen and oxygen atoms in total. The highest BCUT2D eigenvalue weighted by molar-refractivity contribution is 7.09. The first-order valence-corrected chi connectivity index (χ1v) is 11.1. The van der Waals surface area contributed by atoms with Crippen LogP contribution in [0.2, 0.25) is 0 Å². The molecular weight excluding hydrogens is 410 g/mol. The summed E-state index contributed by atoms with van der Waals surface area (Å²) in [5, 5.41) is 3.89. The van der Waals surface area contributed by atoms with E-state index in [9.17, 15) is 4.79 Å². The summed E-state index contributed by atoms with van der Waals surface area (Å²) in [6, 6.07) is 15.8. The number of aryl methyl sites for hydroxylation is 1. The number of nitrogens with one attached hydrogen (secondary N) is 1. The molecule has 31 heavy (non-hydrogen) atoms. The Bertz CT molecular complexity index is 1040. The van der Waals surface area contributed by atoms with E-state index in [4.69, 9.17) is 9.72 Å². The van der Waals surface area contributed by atoms with Crippen LogP contribution >= 0.6 is 11.5 Å². The van der Waals surface area contributed by atoms with E-state index in [1.165, 1.54) is 22.7 Å². The van der Waals surface area contributed by atoms with Crippen molar-refractivity contribution in [3.63, 3.8) is 0 Å². The molecule has 0 saturated carbocycles. The minimum absolute atomic E-state index is 0.0490. The molecule has 2 amide bonds. The number of carbonyl (C=O) groups is 1. The van der Waals surface area contributed by atoms with Crippen molar-refractivity contribution in [3.8, 4) is 5.75 Å². The number of hydrogen-bond donors (Lipinski definition) is 1. The average Bonchev–Trinajstić information content (AvgIpc) is 3.24. The first-order chi connectivity index (χ1) is 15.0. The molecule has 8 heteroatoms. The van der Waals surface area contributed by atoms with Gasteiger partial charge in [0.2, 0.25) is 5.13 Å². The number of carbonyl (C=O) groups excluding carboxylic acids is 1. The molecule has 0 aliphatic carbocycles. The average molecular weight is 438 g/mol. The molecule has 4 rings (SSSR count). The van der Waals surface area contributed by atoms with Gasteiger partial charge in [-0.3, -0.25) is 0 Å². The van der Waals surface area contributed by atoms with Gasteiger partial charge in [0.1, 0.15) is 11.6 Å². The third-order valence-electron chi connectivity index (χ3n) is 5.45. The molecule has 2 heterocycles. The molecule has 0 spiro atoms. The van der Waals surface area contributed by atoms with Gasteiger partial charge in [-0.25, -0.2) is 9.78 Å². The van der Waals surface area contributed by atoms with Gasteiger partial charge in [0.05, 0.1) is 12.8 Å². The van der Waals surface area contributed by atoms with Gasteiger partial charge in [-0.2, -0.15) is 4.37 Å². The molecule has 1 aliphatic heterocycles. The Morgan fingerprint density at radius 2 is 1.97 bits per heavy atom. The van der Waals surface area contributed by atoms with Crippen LogP contribution in [-0.2, 0) is 6.42 Å². The Balaban J connectivity index is 1.36. The molecular formula is C23H27N5O2S. The predicted octanol–water partition coefficient (Wildman–Crippen LogP) is 4.19. The van der Waals surface area contributed by atoms with Crippen LogP contribution in [0.4, 0.5) is 15.6 Å². The Morgan fingerprint density at radius 1 is 1.19 bits per heavy atom. The smallest absolute Gasteiger partial charge is 0.322 e. The summed E-state index contributed by atoms with van der Waals surface area (Å²) in [5.74, 6) is 1.49. The Labute approximate surface area is 186 Å². The maximum atomic E-state index is 12.8. The summed E-state index contributed by atoms with van der Waals surface area (Å²) >= 11 is 1.43. The molecule has 0 bridgehead atoms. The molecule has 1 atom stereocenters. The normalized spacial score (nSPS) is 16.3. The number of nitrogens with zero attached hydrogens (tertiary/aromatic N) is 4. The van der Waals surface area contributed by atoms with Gasteiger partial charge in [0, 0.05) is 43.6 Å². The maximum Gasteiger partial charge on any atom is 0.322 e. The molecule has 3 aromatic rings. The maximum absolute atomic E-state index is 12.8. The highest BCUT2D eigenvalue weighted by Crippen LogP contribution is 2.26. The summed E-state index contributed by atoms with van der Waals surface area (Å²) in [4.78, 5) is 21.7. The molecule has 1 aromatic heterocycles. The Morgan fingerprint density at radius 3 is 2.71 bits per heavy atom. The lowest BCUT2D eigenvalue weighted by molar-refractivity contribution is 0.184. The van der Waals surface area contributed by atoms with Crippen molar-refractivity contribution in [2.45, 2.75) is 26.3 Å². The largest absolute Gasteiger partial charge is 0.495 e. The van der Waals surface area contributed by atoms with Crippen molar-refractivity contribution >= 4 is 28.4 Å². The van der Waals surface area contributed by atoms with Gasteiger partial charge >= 0.3 is 6.03 Å². The first kappa shape index (κ1) is 21.1. The predicted molar refractivity (Wildman–Crippen MR) is 124 cm³/mol. The van der Waals surface area contributed by atoms with Gasteiger partial charge in [0.25, 0.3) is 0 Å². The molecule has 2 aromatic carbocycles. The van der Waals surface area contributed by atoms with Crippen molar-refractivity contribution in [2.24, 2.45) is 0 Å². The third kappa shape index (κ3) is 4.96. The standard InChI is InChI=1S/C23H27N5O2S/c1-16-8-10-18(11-9-16)14-21-25-23(31-26-21)27-12-13-28(17(2)15-27)22(29)24-19-6-4-5-7-20(19)30-3/h4-11,17H,12-15H2,1-3H3,(H,24,29). The number of para-hydroxylation sites is 2. The molecule has 0 radical (unpaired) electrons. The van der Waals surface area contributed by atoms with Crippen LogP contribution in [0.3, 0.4) is 0 Å². The van der Waals surface area contributed by atoms with E-state index in [0.29, 0.717) is 18.0 Å². The number of benzene rings is 2. The molecule has 1 unspecified atom stereocenters. The highest BCUT2D eigenvalue weighted by Gasteiger charge is 2.29. The molecule has 1 fully saturated rings. The van der Waals surface area contributed by atoms with Gasteiger partial charge in [0.15, 0.2) is 0 Å². The summed E-state index contributed by atoms with van der Waals surface area (Å²) < 4.78 is 9.88. The van der Waals surface area contributed by atoms with E-state index in [0.717, 1.165) is 30.5 Å². The number of urea groups is 1. The number of anilines is 2. The second-order valence-electron chi connectivity index (χ2n) is 7.77. The lowest BCUT2D eigenvalue weighted by Gasteiger charge is -2.39. The van der Waals surface area contributed by atoms with Crippen LogP contribution < -0.4 is 15.0 Å². The Hall–Kier alpha value is -3.13. The number of piperazine rings is 1. The van der Waals surface area contributed by atoms with Crippen molar-refractivity contribution in [3.05, 3.63) is 65.5 Å². The number of aromatic nitrogens is 2. The number of ether oxygens (including phenoxy) is 1. The zero-order chi connectivity index (χ0) is 21.8. The van der Waals surface area contributed by atoms with Gasteiger partial charge < -0.3 is 19.9 Å². The van der Waals surface area contributed by atoms with E-state index in [2.05, 4.69) is 52.7 Å². The van der Waals surface area contributed by atoms with E-state index in [1.807, 2.05) is 29.2 Å². The van der Waals surface area contributed by atoms with E-state index < -0.39 is 0 Å². The number of amides is 2. The zero-order valence-electron chi connectivity index (χ0n) is 18.0. The topological polar surface area (TPSA) is 70.6 Å². The quantitative estimate of drug-likeness (QED) is 0.648. The van der Waals surface area contributed by atoms with Gasteiger partial charge in [-0.15, -0.1) is 0 Å². The highest BCUT2D eigenvalue weighted by atomic mass is 32.1. The number of methoxy groups -OCH3 is 1. The SMILES string of the molecule is COc1ccccc1NC(=O)N1CCN(c2nc(Cc3ccc(C)cc3)ns2)CC1C. The van der Waals surface area contributed by atoms with Crippen LogP contribution in [0.15, 0.2) is 48.5 Å². The molecule has 1 saturated heterocycles. The van der Waals surface area contributed by atoms with Crippen molar-refractivity contribution < 1.29 is 9.53 Å². The van der Waals surface area contributed by atoms with E-state index in [-0.39, 0.29) is 12.1 Å². The van der Waals surface area contributed by atoms with Crippen LogP contribution in [0.5, 0.6) is 5.75 Å². The van der Waals surface area contributed by atoms with Gasteiger partial charge in [-0.1, -0.05) is 42.0 Å². The molecule has 1 N–H and O–H groups in total. The van der Waals surface area contributed by atoms with Crippen LogP contribution in [0.25, 0.3) is 0 Å². The first-order valence-electron chi connectivity index (χ1n) is 10.4. The second kappa shape index (κ2) is 9.34. The fourth-order valence-electron chi connectivity index (χ4n) is 3.70. The lowest BCUT2D eigenvalue weighted by Crippen LogP contribution is -2.55. The lowest BCUT2D eigenvalue weighted by atomic mass is 10.1. The van der Waals surface area contributed by atoms with Crippen LogP contribution in [0, 0.1) is 6.92 Å². The minimum Gasteiger partial charge on any atom is -0.495 e. The molecule has 1 aliphatic rings. The van der Waals surface area contributed by atoms with Crippen LogP contribution in [0.1, 0.15) is 23.9 Å². The van der Waals surface area contributed by atoms with Crippen molar-refractivity contribution in [2.75, 3.05) is 37.0 Å². The second-order valence-corrected chi connectivity index (χ2v) is 8.50. The summed E-state index contributed by atoms with van der Waals surface area (Å²) in [6.45, 7) is 6.21. The summed E-state index contributed by atoms with van der Waals surface area (Å²) in [7, 11) is 1.60. The molecule has 162 valence electrons. The fraction of sp³-hybridized carbons (Fsp3) is 0.348. The van der Waals surface area contributed by atoms with Gasteiger partial charge in [-0.05, 0) is 31.5 Å². The van der Waals surface area contributed by atoms with Crippen LogP contribution in [-0.4, -0.2) is 53.1 Å². The number of rotatable bonds is 5. The summed E-state index contributed by atoms with van der Waals surface area (Å²) in [6.07, 6.45) is 0.730. The monoisotopic (exact) mass is 437 g/mol. The fourth-order valence-corrected chi connectivity index (χ4v) is 4.42. The Kier molecular flexibility index (Phi) is 6.36. The van der Waals surface area contributed by atoms with E-state index in [1.54, 1.807) is 7.11 Å². The minimum atomic E-state index is -0.117. The van der Waals surface area contributed by atoms with E-state index >= 15 is 0 Å².